The van der Waals surface area contributed by atoms with E-state index in [4.69, 9.17) is 5.73 Å². The van der Waals surface area contributed by atoms with Crippen molar-refractivity contribution in [1.29, 1.82) is 0 Å². The molecule has 0 amide bonds. The zero-order valence-electron chi connectivity index (χ0n) is 8.46. The summed E-state index contributed by atoms with van der Waals surface area (Å²) in [5.74, 6) is 0. The fraction of sp³-hybridized carbons (Fsp3) is 0.333. The molecule has 2 heteroatoms. The lowest BCUT2D eigenvalue weighted by atomic mass is 10.0. The molecule has 1 aromatic heterocycles. The van der Waals surface area contributed by atoms with Gasteiger partial charge in [-0.05, 0) is 24.5 Å². The summed E-state index contributed by atoms with van der Waals surface area (Å²) in [6, 6.07) is 8.62. The Balaban J connectivity index is 2.33. The Kier molecular flexibility index (Phi) is 2.55. The number of aromatic nitrogens is 1. The minimum atomic E-state index is 0.272. The SMILES string of the molecule is CC[C@@H](N)Cc1c[nH]c2ccccc12. The van der Waals surface area contributed by atoms with Crippen molar-refractivity contribution in [3.63, 3.8) is 0 Å². The van der Waals surface area contributed by atoms with E-state index in [1.807, 2.05) is 6.07 Å². The number of aromatic amines is 1. The van der Waals surface area contributed by atoms with Gasteiger partial charge in [-0.2, -0.15) is 0 Å². The molecule has 1 heterocycles. The number of H-pyrrole nitrogens is 1. The fourth-order valence-electron chi connectivity index (χ4n) is 1.73. The minimum Gasteiger partial charge on any atom is -0.361 e. The maximum Gasteiger partial charge on any atom is 0.0456 e. The van der Waals surface area contributed by atoms with Crippen molar-refractivity contribution in [2.75, 3.05) is 0 Å². The first-order valence-corrected chi connectivity index (χ1v) is 5.12. The number of hydrogen-bond acceptors (Lipinski definition) is 1. The summed E-state index contributed by atoms with van der Waals surface area (Å²) in [7, 11) is 0. The van der Waals surface area contributed by atoms with Gasteiger partial charge in [-0.15, -0.1) is 0 Å². The molecule has 0 aliphatic carbocycles. The Hall–Kier alpha value is -1.28. The Morgan fingerprint density at radius 2 is 2.14 bits per heavy atom. The highest BCUT2D eigenvalue weighted by Crippen LogP contribution is 2.18. The lowest BCUT2D eigenvalue weighted by molar-refractivity contribution is 0.648. The number of hydrogen-bond donors (Lipinski definition) is 2. The number of para-hydroxylation sites is 1. The zero-order chi connectivity index (χ0) is 9.97. The molecule has 0 saturated carbocycles. The molecule has 0 aliphatic heterocycles. The first-order chi connectivity index (χ1) is 6.81. The van der Waals surface area contributed by atoms with E-state index >= 15 is 0 Å². The number of nitrogens with one attached hydrogen (secondary N) is 1. The summed E-state index contributed by atoms with van der Waals surface area (Å²) in [5, 5.41) is 1.30. The lowest BCUT2D eigenvalue weighted by Crippen LogP contribution is -2.21. The normalized spacial score (nSPS) is 13.3. The van der Waals surface area contributed by atoms with Gasteiger partial charge in [-0.3, -0.25) is 0 Å². The van der Waals surface area contributed by atoms with Crippen LogP contribution in [0.15, 0.2) is 30.5 Å². The number of fused-ring (bicyclic) bond motifs is 1. The molecule has 74 valence electrons. The standard InChI is InChI=1S/C12H16N2/c1-2-10(13)7-9-8-14-12-6-4-3-5-11(9)12/h3-6,8,10,14H,2,7,13H2,1H3/t10-/m1/s1. The molecular weight excluding hydrogens is 172 g/mol. The second-order valence-electron chi connectivity index (χ2n) is 3.73. The van der Waals surface area contributed by atoms with Crippen LogP contribution in [0.3, 0.4) is 0 Å². The van der Waals surface area contributed by atoms with Crippen LogP contribution >= 0.6 is 0 Å². The van der Waals surface area contributed by atoms with Gasteiger partial charge < -0.3 is 10.7 Å². The predicted molar refractivity (Wildman–Crippen MR) is 60.3 cm³/mol. The van der Waals surface area contributed by atoms with Crippen LogP contribution in [0, 0.1) is 0 Å². The Morgan fingerprint density at radius 3 is 2.93 bits per heavy atom. The van der Waals surface area contributed by atoms with Gasteiger partial charge in [0.1, 0.15) is 0 Å². The van der Waals surface area contributed by atoms with Crippen LogP contribution in [0.4, 0.5) is 0 Å². The zero-order valence-corrected chi connectivity index (χ0v) is 8.46. The molecule has 0 unspecified atom stereocenters. The van der Waals surface area contributed by atoms with Gasteiger partial charge >= 0.3 is 0 Å². The van der Waals surface area contributed by atoms with E-state index in [1.165, 1.54) is 16.5 Å². The average molecular weight is 188 g/mol. The van der Waals surface area contributed by atoms with Crippen LogP contribution in [0.2, 0.25) is 0 Å². The number of rotatable bonds is 3. The van der Waals surface area contributed by atoms with Crippen LogP contribution in [-0.2, 0) is 6.42 Å². The van der Waals surface area contributed by atoms with E-state index in [0.29, 0.717) is 0 Å². The minimum absolute atomic E-state index is 0.272. The lowest BCUT2D eigenvalue weighted by Gasteiger charge is -2.06. The average Bonchev–Trinajstić information content (AvgIpc) is 2.62. The van der Waals surface area contributed by atoms with Gasteiger partial charge in [-0.25, -0.2) is 0 Å². The largest absolute Gasteiger partial charge is 0.361 e. The molecule has 2 nitrogen and oxygen atoms in total. The van der Waals surface area contributed by atoms with Gasteiger partial charge in [-0.1, -0.05) is 25.1 Å². The topological polar surface area (TPSA) is 41.8 Å². The molecule has 0 fully saturated rings. The van der Waals surface area contributed by atoms with Crippen molar-refractivity contribution < 1.29 is 0 Å². The van der Waals surface area contributed by atoms with E-state index in [0.717, 1.165) is 12.8 Å². The van der Waals surface area contributed by atoms with Gasteiger partial charge in [0.25, 0.3) is 0 Å². The second kappa shape index (κ2) is 3.84. The van der Waals surface area contributed by atoms with Crippen molar-refractivity contribution >= 4 is 10.9 Å². The van der Waals surface area contributed by atoms with E-state index in [1.54, 1.807) is 0 Å². The predicted octanol–water partition coefficient (Wildman–Crippen LogP) is 2.45. The third kappa shape index (κ3) is 1.66. The number of nitrogens with two attached hydrogens (primary N) is 1. The molecule has 2 rings (SSSR count). The molecule has 2 aromatic rings. The van der Waals surface area contributed by atoms with E-state index < -0.39 is 0 Å². The summed E-state index contributed by atoms with van der Waals surface area (Å²) >= 11 is 0. The van der Waals surface area contributed by atoms with Crippen LogP contribution in [0.1, 0.15) is 18.9 Å². The van der Waals surface area contributed by atoms with E-state index in [-0.39, 0.29) is 6.04 Å². The van der Waals surface area contributed by atoms with Crippen LogP contribution in [-0.4, -0.2) is 11.0 Å². The summed E-state index contributed by atoms with van der Waals surface area (Å²) in [6.07, 6.45) is 4.06. The smallest absolute Gasteiger partial charge is 0.0456 e. The summed E-state index contributed by atoms with van der Waals surface area (Å²) in [5.41, 5.74) is 8.47. The summed E-state index contributed by atoms with van der Waals surface area (Å²) in [6.45, 7) is 2.12. The Morgan fingerprint density at radius 1 is 1.36 bits per heavy atom. The summed E-state index contributed by atoms with van der Waals surface area (Å²) in [4.78, 5) is 3.26. The first-order valence-electron chi connectivity index (χ1n) is 5.12. The van der Waals surface area contributed by atoms with Crippen molar-refractivity contribution in [2.24, 2.45) is 5.73 Å². The highest BCUT2D eigenvalue weighted by molar-refractivity contribution is 5.83. The third-order valence-corrected chi connectivity index (χ3v) is 2.68. The quantitative estimate of drug-likeness (QED) is 0.763. The molecule has 3 N–H and O–H groups in total. The molecule has 0 bridgehead atoms. The molecule has 0 radical (unpaired) electrons. The molecule has 1 atom stereocenters. The highest BCUT2D eigenvalue weighted by Gasteiger charge is 2.06. The maximum atomic E-state index is 5.94. The van der Waals surface area contributed by atoms with Gasteiger partial charge in [0.2, 0.25) is 0 Å². The molecule has 1 aromatic carbocycles. The van der Waals surface area contributed by atoms with Gasteiger partial charge in [0.15, 0.2) is 0 Å². The third-order valence-electron chi connectivity index (χ3n) is 2.68. The maximum absolute atomic E-state index is 5.94. The van der Waals surface area contributed by atoms with E-state index in [9.17, 15) is 0 Å². The molecule has 0 spiro atoms. The Bertz CT molecular complexity index is 417. The Labute approximate surface area is 84.1 Å². The molecular formula is C12H16N2. The monoisotopic (exact) mass is 188 g/mol. The van der Waals surface area contributed by atoms with Crippen LogP contribution < -0.4 is 5.73 Å². The molecule has 0 aliphatic rings. The van der Waals surface area contributed by atoms with Crippen LogP contribution in [0.5, 0.6) is 0 Å². The van der Waals surface area contributed by atoms with E-state index in [2.05, 4.69) is 36.3 Å². The molecule has 0 saturated heterocycles. The van der Waals surface area contributed by atoms with Crippen LogP contribution in [0.25, 0.3) is 10.9 Å². The second-order valence-corrected chi connectivity index (χ2v) is 3.73. The van der Waals surface area contributed by atoms with Gasteiger partial charge in [0, 0.05) is 23.1 Å². The molecule has 14 heavy (non-hydrogen) atoms. The first kappa shape index (κ1) is 9.28. The van der Waals surface area contributed by atoms with Gasteiger partial charge in [0.05, 0.1) is 0 Å². The van der Waals surface area contributed by atoms with Crippen molar-refractivity contribution in [1.82, 2.24) is 4.98 Å². The van der Waals surface area contributed by atoms with Crippen molar-refractivity contribution in [2.45, 2.75) is 25.8 Å². The summed E-state index contributed by atoms with van der Waals surface area (Å²) < 4.78 is 0. The fourth-order valence-corrected chi connectivity index (χ4v) is 1.73. The van der Waals surface area contributed by atoms with Crippen molar-refractivity contribution in [3.8, 4) is 0 Å². The highest BCUT2D eigenvalue weighted by atomic mass is 14.7. The van der Waals surface area contributed by atoms with Crippen molar-refractivity contribution in [3.05, 3.63) is 36.0 Å². The number of benzene rings is 1.